The van der Waals surface area contributed by atoms with Gasteiger partial charge in [-0.05, 0) is 48.1 Å². The van der Waals surface area contributed by atoms with Crippen LogP contribution in [0.1, 0.15) is 31.4 Å². The van der Waals surface area contributed by atoms with E-state index in [1.807, 2.05) is 24.3 Å². The van der Waals surface area contributed by atoms with Gasteiger partial charge in [0.05, 0.1) is 0 Å². The van der Waals surface area contributed by atoms with Crippen LogP contribution in [0.5, 0.6) is 5.75 Å². The van der Waals surface area contributed by atoms with Gasteiger partial charge in [0.2, 0.25) is 0 Å². The molecule has 0 spiro atoms. The molecule has 0 aliphatic heterocycles. The fourth-order valence-electron chi connectivity index (χ4n) is 2.64. The minimum atomic E-state index is 0.609. The van der Waals surface area contributed by atoms with E-state index in [1.54, 1.807) is 0 Å². The van der Waals surface area contributed by atoms with Crippen molar-refractivity contribution in [3.05, 3.63) is 65.9 Å². The zero-order chi connectivity index (χ0) is 15.4. The van der Waals surface area contributed by atoms with Crippen LogP contribution < -0.4 is 4.74 Å². The van der Waals surface area contributed by atoms with Gasteiger partial charge in [0.1, 0.15) is 12.4 Å². The van der Waals surface area contributed by atoms with E-state index in [9.17, 15) is 0 Å². The molecule has 0 bridgehead atoms. The lowest BCUT2D eigenvalue weighted by Crippen LogP contribution is -1.95. The van der Waals surface area contributed by atoms with Gasteiger partial charge in [0, 0.05) is 17.1 Å². The van der Waals surface area contributed by atoms with Crippen molar-refractivity contribution in [3.8, 4) is 5.75 Å². The van der Waals surface area contributed by atoms with Gasteiger partial charge in [-0.2, -0.15) is 0 Å². The van der Waals surface area contributed by atoms with Gasteiger partial charge >= 0.3 is 0 Å². The van der Waals surface area contributed by atoms with Crippen LogP contribution >= 0.6 is 0 Å². The summed E-state index contributed by atoms with van der Waals surface area (Å²) < 4.78 is 5.94. The molecule has 0 aliphatic carbocycles. The SMILES string of the molecule is CC(C)CCc1c[nH]c2ccc(OCc3ccccc3)cc12. The number of aromatic nitrogens is 1. The molecule has 0 unspecified atom stereocenters. The fraction of sp³-hybridized carbons (Fsp3) is 0.300. The predicted molar refractivity (Wildman–Crippen MR) is 92.2 cm³/mol. The summed E-state index contributed by atoms with van der Waals surface area (Å²) in [5.74, 6) is 1.66. The van der Waals surface area contributed by atoms with E-state index < -0.39 is 0 Å². The number of benzene rings is 2. The van der Waals surface area contributed by atoms with Gasteiger partial charge in [-0.25, -0.2) is 0 Å². The van der Waals surface area contributed by atoms with Crippen molar-refractivity contribution in [2.45, 2.75) is 33.3 Å². The van der Waals surface area contributed by atoms with Crippen LogP contribution in [0.2, 0.25) is 0 Å². The van der Waals surface area contributed by atoms with Crippen molar-refractivity contribution in [2.75, 3.05) is 0 Å². The molecule has 22 heavy (non-hydrogen) atoms. The maximum Gasteiger partial charge on any atom is 0.120 e. The highest BCUT2D eigenvalue weighted by atomic mass is 16.5. The first-order valence-corrected chi connectivity index (χ1v) is 7.99. The van der Waals surface area contributed by atoms with Crippen LogP contribution in [0.25, 0.3) is 10.9 Å². The number of ether oxygens (including phenoxy) is 1. The Morgan fingerprint density at radius 3 is 2.64 bits per heavy atom. The predicted octanol–water partition coefficient (Wildman–Crippen LogP) is 5.34. The highest BCUT2D eigenvalue weighted by Gasteiger charge is 2.06. The molecule has 1 heterocycles. The van der Waals surface area contributed by atoms with Crippen LogP contribution in [0.15, 0.2) is 54.7 Å². The molecule has 0 fully saturated rings. The number of H-pyrrole nitrogens is 1. The molecule has 1 N–H and O–H groups in total. The van der Waals surface area contributed by atoms with E-state index >= 15 is 0 Å². The Kier molecular flexibility index (Phi) is 4.47. The van der Waals surface area contributed by atoms with Crippen molar-refractivity contribution < 1.29 is 4.74 Å². The number of hydrogen-bond acceptors (Lipinski definition) is 1. The third-order valence-corrected chi connectivity index (χ3v) is 3.98. The average molecular weight is 293 g/mol. The zero-order valence-electron chi connectivity index (χ0n) is 13.3. The Hall–Kier alpha value is -2.22. The summed E-state index contributed by atoms with van der Waals surface area (Å²) in [6, 6.07) is 16.6. The smallest absolute Gasteiger partial charge is 0.120 e. The molecule has 0 saturated heterocycles. The second-order valence-corrected chi connectivity index (χ2v) is 6.23. The van der Waals surface area contributed by atoms with E-state index in [1.165, 1.54) is 28.5 Å². The molecular weight excluding hydrogens is 270 g/mol. The van der Waals surface area contributed by atoms with Crippen molar-refractivity contribution >= 4 is 10.9 Å². The molecular formula is C20H23NO. The van der Waals surface area contributed by atoms with Crippen LogP contribution in [0.4, 0.5) is 0 Å². The largest absolute Gasteiger partial charge is 0.489 e. The number of nitrogens with one attached hydrogen (secondary N) is 1. The van der Waals surface area contributed by atoms with Crippen LogP contribution in [0.3, 0.4) is 0 Å². The number of rotatable bonds is 6. The van der Waals surface area contributed by atoms with Gasteiger partial charge < -0.3 is 9.72 Å². The Morgan fingerprint density at radius 2 is 1.86 bits per heavy atom. The third-order valence-electron chi connectivity index (χ3n) is 3.98. The minimum Gasteiger partial charge on any atom is -0.489 e. The summed E-state index contributed by atoms with van der Waals surface area (Å²) in [4.78, 5) is 3.36. The first kappa shape index (κ1) is 14.7. The highest BCUT2D eigenvalue weighted by molar-refractivity contribution is 5.84. The van der Waals surface area contributed by atoms with Crippen molar-refractivity contribution in [1.29, 1.82) is 0 Å². The summed E-state index contributed by atoms with van der Waals surface area (Å²) in [6.07, 6.45) is 4.45. The average Bonchev–Trinajstić information content (AvgIpc) is 2.94. The van der Waals surface area contributed by atoms with Gasteiger partial charge in [-0.1, -0.05) is 44.2 Å². The summed E-state index contributed by atoms with van der Waals surface area (Å²) in [6.45, 7) is 5.14. The molecule has 2 aromatic carbocycles. The quantitative estimate of drug-likeness (QED) is 0.652. The van der Waals surface area contributed by atoms with Gasteiger partial charge in [-0.15, -0.1) is 0 Å². The normalized spacial score (nSPS) is 11.2. The van der Waals surface area contributed by atoms with E-state index in [4.69, 9.17) is 4.74 Å². The van der Waals surface area contributed by atoms with Crippen molar-refractivity contribution in [3.63, 3.8) is 0 Å². The molecule has 0 aliphatic rings. The maximum atomic E-state index is 5.94. The van der Waals surface area contributed by atoms with Crippen molar-refractivity contribution in [1.82, 2.24) is 4.98 Å². The first-order chi connectivity index (χ1) is 10.7. The number of fused-ring (bicyclic) bond motifs is 1. The van der Waals surface area contributed by atoms with Crippen molar-refractivity contribution in [2.24, 2.45) is 5.92 Å². The topological polar surface area (TPSA) is 25.0 Å². The monoisotopic (exact) mass is 293 g/mol. The first-order valence-electron chi connectivity index (χ1n) is 7.99. The van der Waals surface area contributed by atoms with Crippen LogP contribution in [-0.4, -0.2) is 4.98 Å². The minimum absolute atomic E-state index is 0.609. The van der Waals surface area contributed by atoms with Gasteiger partial charge in [0.25, 0.3) is 0 Å². The number of hydrogen-bond donors (Lipinski definition) is 1. The molecule has 0 saturated carbocycles. The Bertz CT molecular complexity index is 728. The summed E-state index contributed by atoms with van der Waals surface area (Å²) in [5.41, 5.74) is 3.76. The van der Waals surface area contributed by atoms with E-state index in [-0.39, 0.29) is 0 Å². The standard InChI is InChI=1S/C20H23NO/c1-15(2)8-9-17-13-21-20-11-10-18(12-19(17)20)22-14-16-6-4-3-5-7-16/h3-7,10-13,15,21H,8-9,14H2,1-2H3. The van der Waals surface area contributed by atoms with Gasteiger partial charge in [-0.3, -0.25) is 0 Å². The summed E-state index contributed by atoms with van der Waals surface area (Å²) >= 11 is 0. The van der Waals surface area contributed by atoms with Crippen LogP contribution in [-0.2, 0) is 13.0 Å². The van der Waals surface area contributed by atoms with E-state index in [0.29, 0.717) is 6.61 Å². The summed E-state index contributed by atoms with van der Waals surface area (Å²) in [5, 5.41) is 1.28. The van der Waals surface area contributed by atoms with Gasteiger partial charge in [0.15, 0.2) is 0 Å². The lowest BCUT2D eigenvalue weighted by molar-refractivity contribution is 0.306. The Morgan fingerprint density at radius 1 is 1.05 bits per heavy atom. The molecule has 3 aromatic rings. The molecule has 0 atom stereocenters. The highest BCUT2D eigenvalue weighted by Crippen LogP contribution is 2.26. The second kappa shape index (κ2) is 6.69. The molecule has 2 heteroatoms. The molecule has 114 valence electrons. The fourth-order valence-corrected chi connectivity index (χ4v) is 2.64. The van der Waals surface area contributed by atoms with Crippen LogP contribution in [0, 0.1) is 5.92 Å². The Balaban J connectivity index is 1.75. The number of aryl methyl sites for hydroxylation is 1. The molecule has 0 radical (unpaired) electrons. The lowest BCUT2D eigenvalue weighted by atomic mass is 10.0. The lowest BCUT2D eigenvalue weighted by Gasteiger charge is -2.07. The molecule has 0 amide bonds. The third kappa shape index (κ3) is 3.51. The maximum absolute atomic E-state index is 5.94. The number of aromatic amines is 1. The molecule has 1 aromatic heterocycles. The molecule has 2 nitrogen and oxygen atoms in total. The van der Waals surface area contributed by atoms with E-state index in [2.05, 4.69) is 49.3 Å². The Labute approximate surface area is 132 Å². The summed E-state index contributed by atoms with van der Waals surface area (Å²) in [7, 11) is 0. The van der Waals surface area contributed by atoms with E-state index in [0.717, 1.165) is 18.1 Å². The second-order valence-electron chi connectivity index (χ2n) is 6.23. The molecule has 3 rings (SSSR count). The zero-order valence-corrected chi connectivity index (χ0v) is 13.3.